The average Bonchev–Trinajstić information content (AvgIpc) is 2.77. The number of unbranched alkanes of at least 4 members (excludes halogenated alkanes) is 2. The third-order valence-corrected chi connectivity index (χ3v) is 7.75. The number of nitrogens with zero attached hydrogens (tertiary/aromatic N) is 1. The summed E-state index contributed by atoms with van der Waals surface area (Å²) in [6.07, 6.45) is 4.13. The highest BCUT2D eigenvalue weighted by molar-refractivity contribution is 6.24. The standard InChI is InChI=1S/C26H32N2O7/c1-4-5-6-7-12-8-9-16(29)18-14(12)10-13-11-15-20(28(2)3)22(31)19(25(27)34)24(33)26(15,35)23(32)17(13)21(18)30/h8-9,13,15,20,29,31-32,35H,4-7,10-11H2,1-3H3,(H2,27,34)/t13-,15+,20-,26+/m1/s1. The number of ketones is 2. The number of benzene rings is 1. The number of carbonyl (C=O) groups excluding carboxylic acids is 3. The molecular formula is C26H32N2O7. The summed E-state index contributed by atoms with van der Waals surface area (Å²) >= 11 is 0. The number of fused-ring (bicyclic) bond motifs is 3. The number of amides is 1. The molecule has 0 radical (unpaired) electrons. The van der Waals surface area contributed by atoms with Crippen LogP contribution in [0.2, 0.25) is 0 Å². The summed E-state index contributed by atoms with van der Waals surface area (Å²) in [5.41, 5.74) is 3.51. The van der Waals surface area contributed by atoms with Crippen LogP contribution in [-0.4, -0.2) is 68.5 Å². The van der Waals surface area contributed by atoms with Crippen LogP contribution in [0.15, 0.2) is 34.8 Å². The van der Waals surface area contributed by atoms with E-state index in [2.05, 4.69) is 6.92 Å². The van der Waals surface area contributed by atoms with Crippen LogP contribution in [-0.2, 0) is 22.4 Å². The van der Waals surface area contributed by atoms with Gasteiger partial charge in [0, 0.05) is 11.5 Å². The van der Waals surface area contributed by atoms with E-state index in [1.165, 1.54) is 6.07 Å². The lowest BCUT2D eigenvalue weighted by Crippen LogP contribution is -2.63. The van der Waals surface area contributed by atoms with E-state index >= 15 is 0 Å². The molecule has 0 saturated heterocycles. The number of carbonyl (C=O) groups is 3. The highest BCUT2D eigenvalue weighted by atomic mass is 16.3. The molecule has 0 bridgehead atoms. The predicted molar refractivity (Wildman–Crippen MR) is 127 cm³/mol. The number of hydrogen-bond acceptors (Lipinski definition) is 8. The summed E-state index contributed by atoms with van der Waals surface area (Å²) < 4.78 is 0. The quantitative estimate of drug-likeness (QED) is 0.302. The van der Waals surface area contributed by atoms with Gasteiger partial charge in [0.25, 0.3) is 5.91 Å². The maximum Gasteiger partial charge on any atom is 0.255 e. The molecule has 4 atom stereocenters. The first-order valence-electron chi connectivity index (χ1n) is 11.9. The van der Waals surface area contributed by atoms with Gasteiger partial charge < -0.3 is 26.2 Å². The number of likely N-dealkylation sites (N-methyl/N-ethyl adjacent to an activating group) is 1. The largest absolute Gasteiger partial charge is 0.510 e. The van der Waals surface area contributed by atoms with Gasteiger partial charge in [-0.15, -0.1) is 0 Å². The van der Waals surface area contributed by atoms with Crippen molar-refractivity contribution in [1.82, 2.24) is 4.90 Å². The molecule has 9 heteroatoms. The zero-order valence-electron chi connectivity index (χ0n) is 20.2. The minimum Gasteiger partial charge on any atom is -0.510 e. The maximum atomic E-state index is 13.6. The predicted octanol–water partition coefficient (Wildman–Crippen LogP) is 1.85. The molecule has 9 nitrogen and oxygen atoms in total. The molecule has 35 heavy (non-hydrogen) atoms. The van der Waals surface area contributed by atoms with Gasteiger partial charge in [0.15, 0.2) is 11.4 Å². The first-order chi connectivity index (χ1) is 16.5. The van der Waals surface area contributed by atoms with Crippen LogP contribution in [0.3, 0.4) is 0 Å². The molecule has 1 aromatic rings. The Hall–Kier alpha value is -3.17. The Morgan fingerprint density at radius 1 is 1.17 bits per heavy atom. The van der Waals surface area contributed by atoms with Crippen molar-refractivity contribution in [2.75, 3.05) is 14.1 Å². The van der Waals surface area contributed by atoms with Crippen molar-refractivity contribution >= 4 is 17.5 Å². The van der Waals surface area contributed by atoms with Gasteiger partial charge in [-0.2, -0.15) is 0 Å². The Balaban J connectivity index is 1.89. The van der Waals surface area contributed by atoms with Crippen LogP contribution < -0.4 is 5.73 Å². The maximum absolute atomic E-state index is 13.6. The molecule has 0 aromatic heterocycles. The number of allylic oxidation sites excluding steroid dienone is 1. The smallest absolute Gasteiger partial charge is 0.255 e. The van der Waals surface area contributed by atoms with Gasteiger partial charge in [-0.1, -0.05) is 25.8 Å². The van der Waals surface area contributed by atoms with E-state index in [0.717, 1.165) is 31.2 Å². The molecule has 188 valence electrons. The summed E-state index contributed by atoms with van der Waals surface area (Å²) in [5.74, 6) is -6.32. The highest BCUT2D eigenvalue weighted by Crippen LogP contribution is 2.52. The van der Waals surface area contributed by atoms with Crippen molar-refractivity contribution in [2.45, 2.75) is 57.1 Å². The lowest BCUT2D eigenvalue weighted by molar-refractivity contribution is -0.148. The fourth-order valence-electron chi connectivity index (χ4n) is 6.11. The Bertz CT molecular complexity index is 1180. The molecule has 0 aliphatic heterocycles. The van der Waals surface area contributed by atoms with Crippen molar-refractivity contribution < 1.29 is 34.8 Å². The average molecular weight is 485 g/mol. The molecule has 1 aromatic carbocycles. The minimum absolute atomic E-state index is 0.0692. The summed E-state index contributed by atoms with van der Waals surface area (Å²) in [4.78, 5) is 40.4. The van der Waals surface area contributed by atoms with Crippen LogP contribution >= 0.6 is 0 Å². The van der Waals surface area contributed by atoms with Gasteiger partial charge in [-0.25, -0.2) is 0 Å². The van der Waals surface area contributed by atoms with Gasteiger partial charge in [-0.3, -0.25) is 19.3 Å². The molecule has 3 aliphatic carbocycles. The third kappa shape index (κ3) is 3.56. The van der Waals surface area contributed by atoms with Gasteiger partial charge in [0.2, 0.25) is 5.78 Å². The van der Waals surface area contributed by atoms with Crippen molar-refractivity contribution in [3.05, 3.63) is 51.5 Å². The monoisotopic (exact) mass is 484 g/mol. The van der Waals surface area contributed by atoms with E-state index in [1.54, 1.807) is 19.0 Å². The number of Topliss-reactive ketones (excluding diaryl/α,β-unsaturated/α-hetero) is 2. The summed E-state index contributed by atoms with van der Waals surface area (Å²) in [6, 6.07) is 2.27. The van der Waals surface area contributed by atoms with Crippen molar-refractivity contribution in [2.24, 2.45) is 17.6 Å². The fraction of sp³-hybridized carbons (Fsp3) is 0.500. The molecule has 0 unspecified atom stereocenters. The first kappa shape index (κ1) is 24.9. The van der Waals surface area contributed by atoms with Crippen molar-refractivity contribution in [1.29, 1.82) is 0 Å². The highest BCUT2D eigenvalue weighted by Gasteiger charge is 2.63. The zero-order valence-corrected chi connectivity index (χ0v) is 20.2. The van der Waals surface area contributed by atoms with E-state index in [9.17, 15) is 34.8 Å². The lowest BCUT2D eigenvalue weighted by Gasteiger charge is -2.50. The molecule has 0 saturated carbocycles. The van der Waals surface area contributed by atoms with E-state index in [-0.39, 0.29) is 23.3 Å². The second-order valence-corrected chi connectivity index (χ2v) is 10.0. The van der Waals surface area contributed by atoms with E-state index < -0.39 is 58.0 Å². The first-order valence-corrected chi connectivity index (χ1v) is 11.9. The number of phenolic OH excluding ortho intramolecular Hbond substituents is 1. The van der Waals surface area contributed by atoms with Gasteiger partial charge in [0.05, 0.1) is 11.6 Å². The Kier molecular flexibility index (Phi) is 6.27. The van der Waals surface area contributed by atoms with Crippen molar-refractivity contribution in [3.63, 3.8) is 0 Å². The number of nitrogens with two attached hydrogens (primary N) is 1. The molecule has 6 N–H and O–H groups in total. The van der Waals surface area contributed by atoms with Crippen LogP contribution in [0, 0.1) is 11.8 Å². The minimum atomic E-state index is -2.61. The molecule has 0 spiro atoms. The molecule has 1 amide bonds. The number of aliphatic hydroxyl groups excluding tert-OH is 2. The number of primary amides is 1. The summed E-state index contributed by atoms with van der Waals surface area (Å²) in [6.45, 7) is 2.10. The fourth-order valence-corrected chi connectivity index (χ4v) is 6.11. The molecule has 4 rings (SSSR count). The van der Waals surface area contributed by atoms with E-state index in [1.807, 2.05) is 6.07 Å². The van der Waals surface area contributed by atoms with Gasteiger partial charge in [0.1, 0.15) is 22.8 Å². The van der Waals surface area contributed by atoms with Crippen LogP contribution in [0.25, 0.3) is 0 Å². The molecule has 3 aliphatic rings. The molecular weight excluding hydrogens is 452 g/mol. The number of hydrogen-bond donors (Lipinski definition) is 5. The Labute approximate surface area is 203 Å². The Morgan fingerprint density at radius 3 is 2.46 bits per heavy atom. The van der Waals surface area contributed by atoms with Crippen LogP contribution in [0.1, 0.15) is 54.1 Å². The lowest BCUT2D eigenvalue weighted by atomic mass is 9.58. The number of phenols is 1. The number of aromatic hydroxyl groups is 1. The summed E-state index contributed by atoms with van der Waals surface area (Å²) in [7, 11) is 3.22. The third-order valence-electron chi connectivity index (χ3n) is 7.75. The van der Waals surface area contributed by atoms with E-state index in [0.29, 0.717) is 12.0 Å². The topological polar surface area (TPSA) is 161 Å². The second-order valence-electron chi connectivity index (χ2n) is 10.0. The number of aliphatic hydroxyl groups is 3. The van der Waals surface area contributed by atoms with Crippen LogP contribution in [0.4, 0.5) is 0 Å². The van der Waals surface area contributed by atoms with E-state index in [4.69, 9.17) is 5.73 Å². The molecule has 0 heterocycles. The number of aryl methyl sites for hydroxylation is 1. The zero-order chi connectivity index (χ0) is 25.8. The van der Waals surface area contributed by atoms with Crippen LogP contribution in [0.5, 0.6) is 5.75 Å². The van der Waals surface area contributed by atoms with Crippen molar-refractivity contribution in [3.8, 4) is 5.75 Å². The molecule has 0 fully saturated rings. The summed E-state index contributed by atoms with van der Waals surface area (Å²) in [5, 5.41) is 44.2. The number of rotatable bonds is 6. The van der Waals surface area contributed by atoms with Gasteiger partial charge >= 0.3 is 0 Å². The normalized spacial score (nSPS) is 28.2. The SMILES string of the molecule is CCCCCc1ccc(O)c2c1C[C@@H]1C[C@H]3[C@@H](N(C)C)C(O)=C(C(N)=O)C(=O)[C@@]3(O)C(O)=C1C2=O. The Morgan fingerprint density at radius 2 is 1.86 bits per heavy atom. The second kappa shape index (κ2) is 8.80. The van der Waals surface area contributed by atoms with Gasteiger partial charge in [-0.05, 0) is 62.9 Å².